The molecule has 2 aromatic carbocycles. The summed E-state index contributed by atoms with van der Waals surface area (Å²) in [6.45, 7) is 0. The van der Waals surface area contributed by atoms with Gasteiger partial charge in [0.15, 0.2) is 0 Å². The van der Waals surface area contributed by atoms with E-state index >= 15 is 0 Å². The molecule has 0 saturated heterocycles. The lowest BCUT2D eigenvalue weighted by atomic mass is 10.00. The summed E-state index contributed by atoms with van der Waals surface area (Å²) in [5, 5.41) is 10.4. The summed E-state index contributed by atoms with van der Waals surface area (Å²) < 4.78 is 40.5. The second-order valence-electron chi connectivity index (χ2n) is 5.70. The standard InChI is InChI=1S/C18H6Cl6F3NO/c19-9-3-1-6(12(21)14(9)23)8-5-11(18(25,26)27)28-16(17(8)29)7-2-4-10(20)15(24)13(7)22/h1-5,29H. The van der Waals surface area contributed by atoms with Crippen LogP contribution in [0.4, 0.5) is 13.2 Å². The zero-order valence-corrected chi connectivity index (χ0v) is 18.2. The maximum absolute atomic E-state index is 13.5. The van der Waals surface area contributed by atoms with E-state index in [0.717, 1.165) is 0 Å². The van der Waals surface area contributed by atoms with Crippen LogP contribution in [0.15, 0.2) is 30.3 Å². The number of aromatic nitrogens is 1. The molecule has 0 saturated carbocycles. The van der Waals surface area contributed by atoms with Crippen LogP contribution in [0.3, 0.4) is 0 Å². The van der Waals surface area contributed by atoms with Crippen LogP contribution in [-0.2, 0) is 6.18 Å². The van der Waals surface area contributed by atoms with Crippen molar-refractivity contribution in [3.8, 4) is 28.1 Å². The molecule has 0 amide bonds. The molecule has 1 aromatic heterocycles. The van der Waals surface area contributed by atoms with E-state index in [9.17, 15) is 18.3 Å². The Kier molecular flexibility index (Phi) is 6.40. The molecule has 1 heterocycles. The van der Waals surface area contributed by atoms with Crippen molar-refractivity contribution in [1.82, 2.24) is 4.98 Å². The zero-order chi connectivity index (χ0) is 21.7. The molecule has 0 radical (unpaired) electrons. The lowest BCUT2D eigenvalue weighted by Crippen LogP contribution is -2.09. The van der Waals surface area contributed by atoms with E-state index in [2.05, 4.69) is 4.98 Å². The smallest absolute Gasteiger partial charge is 0.433 e. The Morgan fingerprint density at radius 2 is 1.17 bits per heavy atom. The Balaban J connectivity index is 2.40. The highest BCUT2D eigenvalue weighted by Gasteiger charge is 2.35. The van der Waals surface area contributed by atoms with Crippen molar-refractivity contribution in [2.24, 2.45) is 0 Å². The third-order valence-corrected chi connectivity index (χ3v) is 6.49. The third-order valence-electron chi connectivity index (χ3n) is 3.90. The van der Waals surface area contributed by atoms with Gasteiger partial charge in [0, 0.05) is 16.7 Å². The Bertz CT molecular complexity index is 1060. The first-order valence-electron chi connectivity index (χ1n) is 7.52. The molecule has 0 aliphatic heterocycles. The van der Waals surface area contributed by atoms with Crippen molar-refractivity contribution in [1.29, 1.82) is 0 Å². The van der Waals surface area contributed by atoms with E-state index in [1.807, 2.05) is 0 Å². The van der Waals surface area contributed by atoms with Gasteiger partial charge in [0.1, 0.15) is 17.1 Å². The van der Waals surface area contributed by atoms with E-state index in [0.29, 0.717) is 6.07 Å². The summed E-state index contributed by atoms with van der Waals surface area (Å²) in [4.78, 5) is 3.54. The molecular weight excluding hydrogens is 516 g/mol. The molecule has 3 aromatic rings. The van der Waals surface area contributed by atoms with Gasteiger partial charge in [-0.2, -0.15) is 13.2 Å². The van der Waals surface area contributed by atoms with Crippen LogP contribution in [0.2, 0.25) is 30.1 Å². The van der Waals surface area contributed by atoms with Crippen molar-refractivity contribution in [2.45, 2.75) is 6.18 Å². The molecule has 0 unspecified atom stereocenters. The lowest BCUT2D eigenvalue weighted by Gasteiger charge is -2.17. The molecule has 0 aliphatic rings. The van der Waals surface area contributed by atoms with Gasteiger partial charge in [-0.3, -0.25) is 0 Å². The van der Waals surface area contributed by atoms with Crippen LogP contribution in [-0.4, -0.2) is 10.1 Å². The summed E-state index contributed by atoms with van der Waals surface area (Å²) in [6.07, 6.45) is -4.83. The fourth-order valence-corrected chi connectivity index (χ4v) is 3.78. The van der Waals surface area contributed by atoms with Gasteiger partial charge in [-0.05, 0) is 24.3 Å². The first kappa shape index (κ1) is 22.6. The number of aromatic hydroxyl groups is 1. The van der Waals surface area contributed by atoms with Gasteiger partial charge in [-0.25, -0.2) is 4.98 Å². The summed E-state index contributed by atoms with van der Waals surface area (Å²) in [5.41, 5.74) is -2.05. The van der Waals surface area contributed by atoms with Crippen LogP contribution in [0.25, 0.3) is 22.4 Å². The minimum Gasteiger partial charge on any atom is -0.505 e. The highest BCUT2D eigenvalue weighted by atomic mass is 35.5. The van der Waals surface area contributed by atoms with Crippen molar-refractivity contribution in [2.75, 3.05) is 0 Å². The quantitative estimate of drug-likeness (QED) is 0.341. The van der Waals surface area contributed by atoms with Gasteiger partial charge in [-0.1, -0.05) is 75.7 Å². The van der Waals surface area contributed by atoms with E-state index < -0.39 is 23.3 Å². The fraction of sp³-hybridized carbons (Fsp3) is 0.0556. The molecule has 2 nitrogen and oxygen atoms in total. The average molecular weight is 522 g/mol. The maximum atomic E-state index is 13.5. The normalized spacial score (nSPS) is 11.8. The number of alkyl halides is 3. The maximum Gasteiger partial charge on any atom is 0.433 e. The molecule has 29 heavy (non-hydrogen) atoms. The minimum atomic E-state index is -4.83. The first-order chi connectivity index (χ1) is 13.4. The van der Waals surface area contributed by atoms with Crippen LogP contribution in [0.5, 0.6) is 5.75 Å². The van der Waals surface area contributed by atoms with E-state index in [4.69, 9.17) is 69.6 Å². The molecule has 11 heteroatoms. The van der Waals surface area contributed by atoms with Crippen molar-refractivity contribution in [3.05, 3.63) is 66.2 Å². The van der Waals surface area contributed by atoms with Crippen molar-refractivity contribution >= 4 is 69.6 Å². The van der Waals surface area contributed by atoms with E-state index in [1.165, 1.54) is 24.3 Å². The lowest BCUT2D eigenvalue weighted by molar-refractivity contribution is -0.141. The first-order valence-corrected chi connectivity index (χ1v) is 9.79. The topological polar surface area (TPSA) is 33.1 Å². The number of hydrogen-bond acceptors (Lipinski definition) is 2. The van der Waals surface area contributed by atoms with Gasteiger partial charge in [0.25, 0.3) is 0 Å². The Hall–Kier alpha value is -1.08. The molecule has 152 valence electrons. The highest BCUT2D eigenvalue weighted by Crippen LogP contribution is 2.48. The number of benzene rings is 2. The van der Waals surface area contributed by atoms with Crippen LogP contribution in [0, 0.1) is 0 Å². The predicted octanol–water partition coefficient (Wildman–Crippen LogP) is 9.06. The predicted molar refractivity (Wildman–Crippen MR) is 112 cm³/mol. The Morgan fingerprint density at radius 1 is 0.690 bits per heavy atom. The Labute approximate surface area is 192 Å². The molecule has 0 aliphatic carbocycles. The summed E-state index contributed by atoms with van der Waals surface area (Å²) in [6, 6.07) is 5.92. The summed E-state index contributed by atoms with van der Waals surface area (Å²) in [5.74, 6) is -0.612. The summed E-state index contributed by atoms with van der Waals surface area (Å²) >= 11 is 36.0. The zero-order valence-electron chi connectivity index (χ0n) is 13.7. The second kappa shape index (κ2) is 8.22. The van der Waals surface area contributed by atoms with E-state index in [-0.39, 0.29) is 46.8 Å². The molecule has 3 rings (SSSR count). The van der Waals surface area contributed by atoms with Gasteiger partial charge in [-0.15, -0.1) is 0 Å². The molecule has 0 fully saturated rings. The van der Waals surface area contributed by atoms with Gasteiger partial charge in [0.2, 0.25) is 0 Å². The molecule has 0 bridgehead atoms. The van der Waals surface area contributed by atoms with Crippen LogP contribution in [0.1, 0.15) is 5.69 Å². The van der Waals surface area contributed by atoms with Crippen molar-refractivity contribution in [3.63, 3.8) is 0 Å². The van der Waals surface area contributed by atoms with Gasteiger partial charge < -0.3 is 5.11 Å². The SMILES string of the molecule is Oc1c(-c2ccc(Cl)c(Cl)c2Cl)cc(C(F)(F)F)nc1-c1ccc(Cl)c(Cl)c1Cl. The van der Waals surface area contributed by atoms with Gasteiger partial charge in [0.05, 0.1) is 30.1 Å². The molecular formula is C18H6Cl6F3NO. The molecule has 0 spiro atoms. The number of pyridine rings is 1. The third kappa shape index (κ3) is 4.22. The number of halogens is 9. The molecule has 0 atom stereocenters. The average Bonchev–Trinajstić information content (AvgIpc) is 2.65. The largest absolute Gasteiger partial charge is 0.505 e. The second-order valence-corrected chi connectivity index (χ2v) is 8.02. The Morgan fingerprint density at radius 3 is 1.69 bits per heavy atom. The monoisotopic (exact) mass is 519 g/mol. The van der Waals surface area contributed by atoms with E-state index in [1.54, 1.807) is 0 Å². The highest BCUT2D eigenvalue weighted by molar-refractivity contribution is 6.50. The van der Waals surface area contributed by atoms with Crippen molar-refractivity contribution < 1.29 is 18.3 Å². The van der Waals surface area contributed by atoms with Crippen LogP contribution >= 0.6 is 69.6 Å². The summed E-state index contributed by atoms with van der Waals surface area (Å²) in [7, 11) is 0. The number of rotatable bonds is 2. The van der Waals surface area contributed by atoms with Crippen LogP contribution < -0.4 is 0 Å². The fourth-order valence-electron chi connectivity index (χ4n) is 2.52. The number of hydrogen-bond donors (Lipinski definition) is 1. The minimum absolute atomic E-state index is 0.0175. The van der Waals surface area contributed by atoms with Gasteiger partial charge >= 0.3 is 6.18 Å². The number of nitrogens with zero attached hydrogens (tertiary/aromatic N) is 1. The molecule has 1 N–H and O–H groups in total.